The van der Waals surface area contributed by atoms with Crippen molar-refractivity contribution in [2.45, 2.75) is 55.9 Å². The van der Waals surface area contributed by atoms with Crippen LogP contribution in [0.15, 0.2) is 24.3 Å². The average molecular weight is 675 g/mol. The number of rotatable bonds is 7. The molecule has 2 aromatic carbocycles. The molecule has 16 nitrogen and oxygen atoms in total. The Balaban J connectivity index is 1.39. The Morgan fingerprint density at radius 2 is 1.61 bits per heavy atom. The molecule has 0 radical (unpaired) electrons. The molecule has 0 unspecified atom stereocenters. The number of fused-ring (bicyclic) bond motifs is 4. The van der Waals surface area contributed by atoms with Crippen molar-refractivity contribution in [2.75, 3.05) is 34.1 Å². The van der Waals surface area contributed by atoms with E-state index in [1.165, 1.54) is 45.4 Å². The number of methoxy groups -OCH3 is 2. The lowest BCUT2D eigenvalue weighted by Crippen LogP contribution is -2.63. The van der Waals surface area contributed by atoms with Crippen LogP contribution in [-0.4, -0.2) is 97.0 Å². The van der Waals surface area contributed by atoms with E-state index in [2.05, 4.69) is 0 Å². The number of aliphatic hydroxyl groups excluding tert-OH is 2. The van der Waals surface area contributed by atoms with Gasteiger partial charge in [0.15, 0.2) is 35.6 Å². The molecule has 10 atom stereocenters. The first kappa shape index (κ1) is 24.9. The van der Waals surface area contributed by atoms with Gasteiger partial charge >= 0.3 is 13.8 Å². The van der Waals surface area contributed by atoms with E-state index in [1.807, 2.05) is 0 Å². The van der Waals surface area contributed by atoms with Gasteiger partial charge in [-0.2, -0.15) is 0 Å². The topological polar surface area (TPSA) is 207 Å². The van der Waals surface area contributed by atoms with Crippen LogP contribution in [0, 0.1) is 11.8 Å². The lowest BCUT2D eigenvalue weighted by molar-refractivity contribution is -0.364. The van der Waals surface area contributed by atoms with Crippen LogP contribution < -0.4 is 23.5 Å². The first-order valence-corrected chi connectivity index (χ1v) is 15.5. The molecular weight excluding hydrogens is 635 g/mol. The van der Waals surface area contributed by atoms with Gasteiger partial charge in [0.25, 0.3) is 0 Å². The molecule has 4 aliphatic heterocycles. The molecule has 0 spiro atoms. The monoisotopic (exact) mass is 674 g/mol. The van der Waals surface area contributed by atoms with Gasteiger partial charge < -0.3 is 57.4 Å². The Kier molecular flexibility index (Phi) is 6.40. The number of carbonyl (C=O) groups excluding carboxylic acids is 1. The van der Waals surface area contributed by atoms with Crippen molar-refractivity contribution in [1.29, 1.82) is 0 Å². The van der Waals surface area contributed by atoms with Crippen molar-refractivity contribution in [3.63, 3.8) is 0 Å². The Morgan fingerprint density at radius 1 is 0.935 bits per heavy atom. The minimum Gasteiger partial charge on any atom is -0.493 e. The highest BCUT2D eigenvalue weighted by Gasteiger charge is 2.56. The Bertz CT molecular complexity index is 1800. The number of phosphoric acid groups is 1. The number of phosphoric ester groups is 1. The summed E-state index contributed by atoms with van der Waals surface area (Å²) in [6, 6.07) is 5.17. The number of cyclic esters (lactones) is 1. The lowest BCUT2D eigenvalue weighted by Gasteiger charge is -2.47. The van der Waals surface area contributed by atoms with E-state index in [1.54, 1.807) is 0 Å². The van der Waals surface area contributed by atoms with E-state index in [-0.39, 0.29) is 39.7 Å². The van der Waals surface area contributed by atoms with Crippen LogP contribution in [0.1, 0.15) is 43.9 Å². The summed E-state index contributed by atoms with van der Waals surface area (Å²) < 4.78 is 117. The van der Waals surface area contributed by atoms with Crippen LogP contribution in [-0.2, 0) is 33.0 Å². The van der Waals surface area contributed by atoms with E-state index in [9.17, 15) is 29.4 Å². The fourth-order valence-corrected chi connectivity index (χ4v) is 6.78. The predicted octanol–water partition coefficient (Wildman–Crippen LogP) is 1.10. The van der Waals surface area contributed by atoms with Crippen LogP contribution in [0.4, 0.5) is 0 Å². The fraction of sp³-hybridized carbons (Fsp3) is 0.552. The number of hydrogen-bond acceptors (Lipinski definition) is 14. The van der Waals surface area contributed by atoms with Crippen LogP contribution >= 0.6 is 7.82 Å². The third-order valence-electron chi connectivity index (χ3n) is 8.31. The summed E-state index contributed by atoms with van der Waals surface area (Å²) in [4.78, 5) is 32.8. The van der Waals surface area contributed by atoms with E-state index >= 15 is 0 Å². The van der Waals surface area contributed by atoms with Gasteiger partial charge in [0, 0.05) is 11.8 Å². The minimum absolute atomic E-state index is 0.0575. The number of ether oxygens (including phenoxy) is 9. The van der Waals surface area contributed by atoms with Gasteiger partial charge in [-0.25, -0.2) is 4.57 Å². The highest BCUT2D eigenvalue weighted by Crippen LogP contribution is 2.57. The zero-order valence-electron chi connectivity index (χ0n) is 30.2. The second-order valence-corrected chi connectivity index (χ2v) is 12.2. The molecule has 3 saturated heterocycles. The van der Waals surface area contributed by atoms with E-state index in [4.69, 9.17) is 55.4 Å². The largest absolute Gasteiger partial charge is 0.525 e. The van der Waals surface area contributed by atoms with Crippen LogP contribution in [0.2, 0.25) is 0 Å². The van der Waals surface area contributed by atoms with Gasteiger partial charge in [-0.05, 0) is 47.9 Å². The Morgan fingerprint density at radius 3 is 2.26 bits per heavy atom. The van der Waals surface area contributed by atoms with Gasteiger partial charge in [0.05, 0.1) is 44.8 Å². The van der Waals surface area contributed by atoms with Crippen molar-refractivity contribution in [2.24, 2.45) is 11.8 Å². The van der Waals surface area contributed by atoms with Crippen molar-refractivity contribution in [3.8, 4) is 28.7 Å². The molecule has 1 aliphatic carbocycles. The summed E-state index contributed by atoms with van der Waals surface area (Å²) in [5.74, 6) is -6.56. The maximum Gasteiger partial charge on any atom is 0.525 e. The quantitative estimate of drug-likeness (QED) is 0.240. The van der Waals surface area contributed by atoms with E-state index in [0.29, 0.717) is 0 Å². The fourth-order valence-electron chi connectivity index (χ4n) is 6.36. The third-order valence-corrected chi connectivity index (χ3v) is 8.73. The van der Waals surface area contributed by atoms with Crippen LogP contribution in [0.25, 0.3) is 0 Å². The van der Waals surface area contributed by atoms with Crippen LogP contribution in [0.3, 0.4) is 0 Å². The zero-order chi connectivity index (χ0) is 37.9. The summed E-state index contributed by atoms with van der Waals surface area (Å²) in [7, 11) is -2.80. The summed E-state index contributed by atoms with van der Waals surface area (Å²) >= 11 is 0. The van der Waals surface area contributed by atoms with E-state index in [0.717, 1.165) is 0 Å². The normalized spacial score (nSPS) is 39.8. The van der Waals surface area contributed by atoms with Gasteiger partial charge in [-0.1, -0.05) is 0 Å². The zero-order valence-corrected chi connectivity index (χ0v) is 25.1. The molecule has 0 aromatic heterocycles. The number of benzene rings is 2. The molecule has 17 heteroatoms. The van der Waals surface area contributed by atoms with Gasteiger partial charge in [-0.15, -0.1) is 0 Å². The van der Waals surface area contributed by atoms with Gasteiger partial charge in [0.2, 0.25) is 12.5 Å². The molecule has 0 saturated carbocycles. The molecule has 5 aliphatic rings. The molecule has 4 N–H and O–H groups in total. The summed E-state index contributed by atoms with van der Waals surface area (Å²) in [6.45, 7) is -6.58. The Labute approximate surface area is 270 Å². The van der Waals surface area contributed by atoms with Gasteiger partial charge in [-0.3, -0.25) is 14.6 Å². The first-order valence-electron chi connectivity index (χ1n) is 16.9. The smallest absolute Gasteiger partial charge is 0.493 e. The lowest BCUT2D eigenvalue weighted by atomic mass is 9.66. The van der Waals surface area contributed by atoms with E-state index < -0.39 is 100 Å². The second-order valence-electron chi connectivity index (χ2n) is 11.0. The molecule has 4 heterocycles. The molecular formula is C29H33O16P. The van der Waals surface area contributed by atoms with Crippen molar-refractivity contribution >= 4 is 13.8 Å². The molecule has 0 bridgehead atoms. The predicted molar refractivity (Wildman–Crippen MR) is 149 cm³/mol. The highest BCUT2D eigenvalue weighted by molar-refractivity contribution is 7.46. The number of aliphatic hydroxyl groups is 2. The number of hydrogen-bond donors (Lipinski definition) is 4. The van der Waals surface area contributed by atoms with Crippen molar-refractivity contribution < 1.29 is 84.7 Å². The summed E-state index contributed by atoms with van der Waals surface area (Å²) in [5, 5.41) is 22.2. The summed E-state index contributed by atoms with van der Waals surface area (Å²) in [5.41, 5.74) is 0.372. The standard InChI is InChI=1S/C29H33O16P/c1-11-38-9-20-27(42-11)23(30)24(31)29(43-20)44-25-14-7-17-16(40-10-41-17)6-13(14)21(22-15(25)8-39-28(22)32)12-4-18(36-2)26(19(5-12)37-3)45-46(33,34)35/h4-7,11,15,20-25,27,29-31H,8-10H2,1-3H3,(H2,33,34,35)/t11-,15+,20-,21-,22+,23-,24-,25-,27-,29+/m1/s1/i8D2,9D2,10D2. The first-order chi connectivity index (χ1) is 24.1. The molecule has 3 fully saturated rings. The van der Waals surface area contributed by atoms with Gasteiger partial charge in [0.1, 0.15) is 27.2 Å². The molecule has 2 aromatic rings. The number of carbonyl (C=O) groups is 1. The number of esters is 1. The van der Waals surface area contributed by atoms with Crippen molar-refractivity contribution in [3.05, 3.63) is 41.0 Å². The summed E-state index contributed by atoms with van der Waals surface area (Å²) in [6.07, 6.45) is -11.3. The maximum absolute atomic E-state index is 13.7. The molecule has 7 rings (SSSR count). The third kappa shape index (κ3) is 5.37. The molecule has 46 heavy (non-hydrogen) atoms. The molecule has 250 valence electrons. The highest BCUT2D eigenvalue weighted by atomic mass is 31.2. The Hall–Kier alpha value is -3.18. The minimum atomic E-state index is -5.15. The SMILES string of the molecule is [2H]C1([2H])Oc2cc3c(cc2O1)[C@@H](O[C@@H]1O[C@H]2[C@@H](O[C@H](C)OC2([2H])[2H])[C@H](O)[C@H]1O)[C@@H]1[C@H](C(=O)OC1([2H])[2H])[C@@H]3c1cc(OC)c(OP(=O)(O)O)c(OC)c1. The average Bonchev–Trinajstić information content (AvgIpc) is 3.46. The molecule has 0 amide bonds. The second kappa shape index (κ2) is 11.8. The van der Waals surface area contributed by atoms with Crippen molar-refractivity contribution in [1.82, 2.24) is 0 Å². The maximum atomic E-state index is 13.7. The van der Waals surface area contributed by atoms with Crippen LogP contribution in [0.5, 0.6) is 28.7 Å².